The molecule has 1 aromatic rings. The maximum absolute atomic E-state index is 11.5. The minimum absolute atomic E-state index is 0.405. The number of carboxylic acid groups (broad SMARTS) is 1. The third-order valence-corrected chi connectivity index (χ3v) is 3.98. The van der Waals surface area contributed by atoms with Crippen molar-refractivity contribution >= 4 is 33.4 Å². The Morgan fingerprint density at radius 1 is 1.35 bits per heavy atom. The maximum atomic E-state index is 11.5. The van der Waals surface area contributed by atoms with E-state index in [1.165, 1.54) is 0 Å². The highest BCUT2D eigenvalue weighted by atomic mass is 32.2. The number of benzene rings is 1. The Hall–Kier alpha value is -1.21. The van der Waals surface area contributed by atoms with Crippen LogP contribution in [-0.2, 0) is 14.8 Å². The van der Waals surface area contributed by atoms with Gasteiger partial charge >= 0.3 is 5.97 Å². The first-order valence-electron chi connectivity index (χ1n) is 4.79. The van der Waals surface area contributed by atoms with Crippen molar-refractivity contribution in [1.82, 2.24) is 0 Å². The number of hydrogen-bond acceptors (Lipinski definition) is 4. The van der Waals surface area contributed by atoms with E-state index >= 15 is 0 Å². The highest BCUT2D eigenvalue weighted by molar-refractivity contribution is 7.98. The number of hydrogen-bond donors (Lipinski definition) is 2. The van der Waals surface area contributed by atoms with Gasteiger partial charge in [0.05, 0.1) is 12.2 Å². The Kier molecular flexibility index (Phi) is 4.83. The molecule has 0 atom stereocenters. The molecule has 0 aliphatic rings. The van der Waals surface area contributed by atoms with Gasteiger partial charge in [-0.15, -0.1) is 11.8 Å². The van der Waals surface area contributed by atoms with E-state index in [9.17, 15) is 13.2 Å². The zero-order valence-electron chi connectivity index (χ0n) is 9.21. The van der Waals surface area contributed by atoms with Crippen molar-refractivity contribution in [3.63, 3.8) is 0 Å². The Balaban J connectivity index is 2.66. The van der Waals surface area contributed by atoms with E-state index in [4.69, 9.17) is 5.11 Å². The van der Waals surface area contributed by atoms with Gasteiger partial charge in [-0.2, -0.15) is 0 Å². The fraction of sp³-hybridized carbons (Fsp3) is 0.300. The second-order valence-corrected chi connectivity index (χ2v) is 6.01. The zero-order chi connectivity index (χ0) is 12.9. The lowest BCUT2D eigenvalue weighted by Crippen LogP contribution is -2.18. The van der Waals surface area contributed by atoms with E-state index in [-0.39, 0.29) is 0 Å². The van der Waals surface area contributed by atoms with E-state index in [1.54, 1.807) is 36.0 Å². The number of thioether (sulfide) groups is 1. The summed E-state index contributed by atoms with van der Waals surface area (Å²) in [5, 5.41) is 8.42. The van der Waals surface area contributed by atoms with Gasteiger partial charge in [-0.3, -0.25) is 9.52 Å². The van der Waals surface area contributed by atoms with Crippen LogP contribution in [0.15, 0.2) is 29.2 Å². The summed E-state index contributed by atoms with van der Waals surface area (Å²) >= 11 is 1.55. The van der Waals surface area contributed by atoms with Crippen LogP contribution < -0.4 is 4.72 Å². The van der Waals surface area contributed by atoms with Gasteiger partial charge in [0, 0.05) is 10.6 Å². The van der Waals surface area contributed by atoms with Crippen molar-refractivity contribution in [1.29, 1.82) is 0 Å². The molecule has 0 fully saturated rings. The summed E-state index contributed by atoms with van der Waals surface area (Å²) in [5.74, 6) is -1.56. The van der Waals surface area contributed by atoms with Crippen LogP contribution in [0.2, 0.25) is 0 Å². The predicted octanol–water partition coefficient (Wildman–Crippen LogP) is 1.62. The van der Waals surface area contributed by atoms with Crippen LogP contribution >= 0.6 is 11.8 Å². The van der Waals surface area contributed by atoms with Gasteiger partial charge in [-0.1, -0.05) is 0 Å². The normalized spacial score (nSPS) is 11.1. The van der Waals surface area contributed by atoms with Crippen molar-refractivity contribution in [2.45, 2.75) is 11.3 Å². The van der Waals surface area contributed by atoms with Gasteiger partial charge < -0.3 is 5.11 Å². The first kappa shape index (κ1) is 13.9. The number of rotatable bonds is 6. The molecule has 0 unspecified atom stereocenters. The fourth-order valence-corrected chi connectivity index (χ4v) is 2.56. The van der Waals surface area contributed by atoms with Crippen LogP contribution in [0.5, 0.6) is 0 Å². The molecule has 2 N–H and O–H groups in total. The average Bonchev–Trinajstić information content (AvgIpc) is 2.27. The van der Waals surface area contributed by atoms with E-state index in [2.05, 4.69) is 4.72 Å². The van der Waals surface area contributed by atoms with Crippen LogP contribution in [0.3, 0.4) is 0 Å². The second-order valence-electron chi connectivity index (χ2n) is 3.29. The topological polar surface area (TPSA) is 83.5 Å². The number of aliphatic carboxylic acids is 1. The molecular weight excluding hydrogens is 262 g/mol. The first-order valence-corrected chi connectivity index (χ1v) is 7.67. The number of anilines is 1. The van der Waals surface area contributed by atoms with Crippen molar-refractivity contribution in [2.75, 3.05) is 16.7 Å². The highest BCUT2D eigenvalue weighted by Crippen LogP contribution is 2.18. The van der Waals surface area contributed by atoms with Gasteiger partial charge in [-0.25, -0.2) is 8.42 Å². The van der Waals surface area contributed by atoms with Gasteiger partial charge in [0.2, 0.25) is 10.0 Å². The van der Waals surface area contributed by atoms with Crippen LogP contribution in [0.4, 0.5) is 5.69 Å². The quantitative estimate of drug-likeness (QED) is 0.771. The van der Waals surface area contributed by atoms with Crippen LogP contribution in [-0.4, -0.2) is 31.5 Å². The minimum atomic E-state index is -3.59. The van der Waals surface area contributed by atoms with E-state index in [0.29, 0.717) is 5.69 Å². The van der Waals surface area contributed by atoms with Crippen molar-refractivity contribution < 1.29 is 18.3 Å². The van der Waals surface area contributed by atoms with Crippen molar-refractivity contribution in [2.24, 2.45) is 0 Å². The molecule has 94 valence electrons. The van der Waals surface area contributed by atoms with Gasteiger partial charge in [0.25, 0.3) is 0 Å². The number of carbonyl (C=O) groups is 1. The number of nitrogens with one attached hydrogen (secondary N) is 1. The molecule has 0 radical (unpaired) electrons. The molecule has 0 saturated carbocycles. The lowest BCUT2D eigenvalue weighted by Gasteiger charge is -2.07. The molecule has 0 saturated heterocycles. The molecule has 0 aliphatic carbocycles. The van der Waals surface area contributed by atoms with E-state index in [0.717, 1.165) is 4.90 Å². The zero-order valence-corrected chi connectivity index (χ0v) is 10.8. The number of carboxylic acids is 1. The third-order valence-electron chi connectivity index (χ3n) is 1.95. The van der Waals surface area contributed by atoms with Crippen LogP contribution in [0.25, 0.3) is 0 Å². The van der Waals surface area contributed by atoms with Crippen molar-refractivity contribution in [3.05, 3.63) is 24.3 Å². The highest BCUT2D eigenvalue weighted by Gasteiger charge is 2.12. The Bertz CT molecular complexity index is 482. The number of sulfonamides is 1. The molecule has 7 heteroatoms. The van der Waals surface area contributed by atoms with Crippen molar-refractivity contribution in [3.8, 4) is 0 Å². The molecule has 0 heterocycles. The summed E-state index contributed by atoms with van der Waals surface area (Å²) in [6.45, 7) is 0. The molecule has 1 rings (SSSR count). The first-order chi connectivity index (χ1) is 7.93. The fourth-order valence-electron chi connectivity index (χ4n) is 1.11. The second kappa shape index (κ2) is 5.92. The van der Waals surface area contributed by atoms with Gasteiger partial charge in [-0.05, 0) is 30.5 Å². The molecule has 0 aromatic heterocycles. The third kappa shape index (κ3) is 5.10. The van der Waals surface area contributed by atoms with E-state index < -0.39 is 28.2 Å². The summed E-state index contributed by atoms with van der Waals surface area (Å²) in [7, 11) is -3.59. The summed E-state index contributed by atoms with van der Waals surface area (Å²) in [4.78, 5) is 11.3. The minimum Gasteiger partial charge on any atom is -0.481 e. The smallest absolute Gasteiger partial charge is 0.304 e. The molecule has 0 spiro atoms. The average molecular weight is 275 g/mol. The summed E-state index contributed by atoms with van der Waals surface area (Å²) in [5.41, 5.74) is 0.438. The summed E-state index contributed by atoms with van der Waals surface area (Å²) < 4.78 is 25.3. The van der Waals surface area contributed by atoms with Crippen LogP contribution in [0.1, 0.15) is 6.42 Å². The molecule has 0 aliphatic heterocycles. The van der Waals surface area contributed by atoms with E-state index in [1.807, 2.05) is 6.26 Å². The largest absolute Gasteiger partial charge is 0.481 e. The standard InChI is InChI=1S/C10H13NO4S2/c1-16-9-4-2-8(3-5-9)11-17(14,15)7-6-10(12)13/h2-5,11H,6-7H2,1H3,(H,12,13). The molecule has 0 bridgehead atoms. The SMILES string of the molecule is CSc1ccc(NS(=O)(=O)CCC(=O)O)cc1. The molecular formula is C10H13NO4S2. The maximum Gasteiger partial charge on any atom is 0.304 e. The summed E-state index contributed by atoms with van der Waals surface area (Å²) in [6, 6.07) is 6.87. The Labute approximate surface area is 104 Å². The summed E-state index contributed by atoms with van der Waals surface area (Å²) in [6.07, 6.45) is 1.52. The lowest BCUT2D eigenvalue weighted by molar-refractivity contribution is -0.136. The predicted molar refractivity (Wildman–Crippen MR) is 67.9 cm³/mol. The lowest BCUT2D eigenvalue weighted by atomic mass is 10.3. The monoisotopic (exact) mass is 275 g/mol. The Morgan fingerprint density at radius 2 is 1.94 bits per heavy atom. The molecule has 17 heavy (non-hydrogen) atoms. The van der Waals surface area contributed by atoms with Gasteiger partial charge in [0.15, 0.2) is 0 Å². The van der Waals surface area contributed by atoms with Gasteiger partial charge in [0.1, 0.15) is 0 Å². The molecule has 0 amide bonds. The molecule has 1 aromatic carbocycles. The molecule has 5 nitrogen and oxygen atoms in total. The van der Waals surface area contributed by atoms with Crippen LogP contribution in [0, 0.1) is 0 Å². The Morgan fingerprint density at radius 3 is 2.41 bits per heavy atom.